The fourth-order valence-electron chi connectivity index (χ4n) is 2.55. The van der Waals surface area contributed by atoms with E-state index in [4.69, 9.17) is 9.90 Å². The third-order valence-corrected chi connectivity index (χ3v) is 4.04. The van der Waals surface area contributed by atoms with Crippen molar-refractivity contribution in [3.05, 3.63) is 35.3 Å². The molecule has 0 aliphatic carbocycles. The number of hydrogen-bond donors (Lipinski definition) is 1. The molecule has 2 heterocycles. The van der Waals surface area contributed by atoms with Gasteiger partial charge in [0.1, 0.15) is 0 Å². The molecule has 1 saturated heterocycles. The summed E-state index contributed by atoms with van der Waals surface area (Å²) in [5, 5.41) is 18.1. The summed E-state index contributed by atoms with van der Waals surface area (Å²) in [6, 6.07) is 3.57. The topological polar surface area (TPSA) is 87.8 Å². The first kappa shape index (κ1) is 21.7. The zero-order valence-electron chi connectivity index (χ0n) is 14.6. The minimum absolute atomic E-state index is 0.0282. The van der Waals surface area contributed by atoms with Gasteiger partial charge in [-0.2, -0.15) is 17.9 Å². The monoisotopic (exact) mass is 377 g/mol. The molecule has 1 aliphatic rings. The van der Waals surface area contributed by atoms with Crippen LogP contribution in [0.15, 0.2) is 24.5 Å². The number of likely N-dealkylation sites (tertiary alicyclic amines) is 1. The Morgan fingerprint density at radius 3 is 2.35 bits per heavy atom. The minimum atomic E-state index is -5.08. The van der Waals surface area contributed by atoms with Gasteiger partial charge in [0.2, 0.25) is 0 Å². The van der Waals surface area contributed by atoms with Crippen molar-refractivity contribution in [1.82, 2.24) is 9.80 Å². The molecular formula is C16H22F3N3O4. The molecule has 1 aromatic rings. The predicted molar refractivity (Wildman–Crippen MR) is 86.3 cm³/mol. The van der Waals surface area contributed by atoms with Crippen LogP contribution in [0.4, 0.5) is 13.2 Å². The van der Waals surface area contributed by atoms with Crippen molar-refractivity contribution >= 4 is 11.9 Å². The molecule has 2 rings (SSSR count). The van der Waals surface area contributed by atoms with E-state index in [2.05, 4.69) is 11.9 Å². The van der Waals surface area contributed by atoms with Crippen LogP contribution in [0.1, 0.15) is 29.6 Å². The molecule has 7 nitrogen and oxygen atoms in total. The number of carbonyl (C=O) groups is 2. The molecule has 0 aromatic carbocycles. The molecule has 0 radical (unpaired) electrons. The van der Waals surface area contributed by atoms with Crippen LogP contribution < -0.4 is 4.73 Å². The van der Waals surface area contributed by atoms with Gasteiger partial charge in [-0.3, -0.25) is 4.79 Å². The third-order valence-electron chi connectivity index (χ3n) is 4.04. The minimum Gasteiger partial charge on any atom is -0.619 e. The van der Waals surface area contributed by atoms with E-state index in [1.165, 1.54) is 25.2 Å². The highest BCUT2D eigenvalue weighted by Crippen LogP contribution is 2.16. The summed E-state index contributed by atoms with van der Waals surface area (Å²) in [6.45, 7) is 1.84. The summed E-state index contributed by atoms with van der Waals surface area (Å²) < 4.78 is 32.4. The number of halogens is 3. The van der Waals surface area contributed by atoms with Crippen LogP contribution in [0.3, 0.4) is 0 Å². The van der Waals surface area contributed by atoms with E-state index in [0.29, 0.717) is 16.3 Å². The number of piperidine rings is 1. The zero-order chi connectivity index (χ0) is 19.9. The van der Waals surface area contributed by atoms with Crippen molar-refractivity contribution in [2.75, 3.05) is 27.2 Å². The summed E-state index contributed by atoms with van der Waals surface area (Å²) in [7, 11) is 3.94. The highest BCUT2D eigenvalue weighted by molar-refractivity contribution is 5.93. The largest absolute Gasteiger partial charge is 0.619 e. The van der Waals surface area contributed by atoms with E-state index < -0.39 is 12.1 Å². The van der Waals surface area contributed by atoms with Gasteiger partial charge in [-0.25, -0.2) is 4.79 Å². The molecule has 10 heteroatoms. The molecule has 0 spiro atoms. The number of carbonyl (C=O) groups excluding carboxylic acids is 1. The molecule has 1 aliphatic heterocycles. The summed E-state index contributed by atoms with van der Waals surface area (Å²) in [5.41, 5.74) is 0.563. The summed E-state index contributed by atoms with van der Waals surface area (Å²) in [4.78, 5) is 25.2. The summed E-state index contributed by atoms with van der Waals surface area (Å²) >= 11 is 0. The Morgan fingerprint density at radius 1 is 1.35 bits per heavy atom. The maximum absolute atomic E-state index is 12.2. The number of alkyl halides is 3. The maximum atomic E-state index is 12.2. The maximum Gasteiger partial charge on any atom is 0.490 e. The first-order valence-corrected chi connectivity index (χ1v) is 7.97. The Labute approximate surface area is 149 Å². The van der Waals surface area contributed by atoms with Gasteiger partial charge < -0.3 is 20.1 Å². The van der Waals surface area contributed by atoms with Crippen LogP contribution in [0.2, 0.25) is 0 Å². The van der Waals surface area contributed by atoms with Gasteiger partial charge in [0.15, 0.2) is 12.4 Å². The van der Waals surface area contributed by atoms with E-state index in [-0.39, 0.29) is 5.91 Å². The number of amides is 1. The Morgan fingerprint density at radius 2 is 1.88 bits per heavy atom. The number of rotatable bonds is 3. The normalized spacial score (nSPS) is 17.8. The number of carboxylic acids is 1. The SMILES string of the molecule is CN(CC1CCCCN1C)C(=O)c1cc[n+]([O-])cc1.O=C(O)C(F)(F)F. The van der Waals surface area contributed by atoms with E-state index >= 15 is 0 Å². The van der Waals surface area contributed by atoms with Crippen LogP contribution in [0.25, 0.3) is 0 Å². The van der Waals surface area contributed by atoms with Crippen LogP contribution in [0.5, 0.6) is 0 Å². The third kappa shape index (κ3) is 6.87. The van der Waals surface area contributed by atoms with E-state index in [1.807, 2.05) is 7.05 Å². The Bertz CT molecular complexity index is 608. The van der Waals surface area contributed by atoms with Gasteiger partial charge in [0.25, 0.3) is 5.91 Å². The van der Waals surface area contributed by atoms with Crippen LogP contribution >= 0.6 is 0 Å². The first-order chi connectivity index (χ1) is 12.0. The average Bonchev–Trinajstić information content (AvgIpc) is 2.56. The molecule has 0 saturated carbocycles. The fraction of sp³-hybridized carbons (Fsp3) is 0.562. The molecule has 0 bridgehead atoms. The highest BCUT2D eigenvalue weighted by atomic mass is 19.4. The number of aromatic nitrogens is 1. The second-order valence-corrected chi connectivity index (χ2v) is 6.07. The first-order valence-electron chi connectivity index (χ1n) is 7.97. The molecule has 1 unspecified atom stereocenters. The Balaban J connectivity index is 0.000000412. The predicted octanol–water partition coefficient (Wildman–Crippen LogP) is 1.51. The van der Waals surface area contributed by atoms with Gasteiger partial charge in [-0.1, -0.05) is 6.42 Å². The molecule has 1 aromatic heterocycles. The fourth-order valence-corrected chi connectivity index (χ4v) is 2.55. The van der Waals surface area contributed by atoms with E-state index in [9.17, 15) is 23.2 Å². The summed E-state index contributed by atoms with van der Waals surface area (Å²) in [5.74, 6) is -2.79. The lowest BCUT2D eigenvalue weighted by Crippen LogP contribution is -2.45. The standard InChI is InChI=1S/C14H21N3O2.C2HF3O2/c1-15-8-4-3-5-13(15)11-16(2)14(18)12-6-9-17(19)10-7-12;3-2(4,5)1(6)7/h6-7,9-10,13H,3-5,8,11H2,1-2H3;(H,6,7). The average molecular weight is 377 g/mol. The Hall–Kier alpha value is -2.36. The van der Waals surface area contributed by atoms with Crippen molar-refractivity contribution in [3.8, 4) is 0 Å². The highest BCUT2D eigenvalue weighted by Gasteiger charge is 2.38. The lowest BCUT2D eigenvalue weighted by molar-refractivity contribution is -0.605. The van der Waals surface area contributed by atoms with Crippen LogP contribution in [-0.4, -0.2) is 66.2 Å². The van der Waals surface area contributed by atoms with Gasteiger partial charge >= 0.3 is 12.1 Å². The van der Waals surface area contributed by atoms with Crippen molar-refractivity contribution in [3.63, 3.8) is 0 Å². The van der Waals surface area contributed by atoms with Gasteiger partial charge in [0.05, 0.1) is 5.56 Å². The molecule has 146 valence electrons. The number of carboxylic acid groups (broad SMARTS) is 1. The number of likely N-dealkylation sites (N-methyl/N-ethyl adjacent to an activating group) is 2. The molecule has 1 amide bonds. The molecule has 1 N–H and O–H groups in total. The molecular weight excluding hydrogens is 355 g/mol. The summed E-state index contributed by atoms with van der Waals surface area (Å²) in [6.07, 6.45) is 1.25. The van der Waals surface area contributed by atoms with Gasteiger partial charge in [-0.15, -0.1) is 0 Å². The smallest absolute Gasteiger partial charge is 0.490 e. The van der Waals surface area contributed by atoms with Crippen molar-refractivity contribution in [2.45, 2.75) is 31.5 Å². The molecule has 1 fully saturated rings. The second kappa shape index (κ2) is 9.37. The lowest BCUT2D eigenvalue weighted by atomic mass is 10.0. The van der Waals surface area contributed by atoms with Crippen LogP contribution in [0, 0.1) is 5.21 Å². The van der Waals surface area contributed by atoms with Gasteiger partial charge in [0, 0.05) is 31.8 Å². The van der Waals surface area contributed by atoms with Crippen LogP contribution in [-0.2, 0) is 4.79 Å². The van der Waals surface area contributed by atoms with Crippen molar-refractivity contribution in [1.29, 1.82) is 0 Å². The number of aliphatic carboxylic acids is 1. The quantitative estimate of drug-likeness (QED) is 0.637. The number of nitrogens with zero attached hydrogens (tertiary/aromatic N) is 3. The molecule has 1 atom stereocenters. The Kier molecular flexibility index (Phi) is 7.81. The number of pyridine rings is 1. The second-order valence-electron chi connectivity index (χ2n) is 6.07. The van der Waals surface area contributed by atoms with E-state index in [1.54, 1.807) is 17.0 Å². The van der Waals surface area contributed by atoms with E-state index in [0.717, 1.165) is 19.5 Å². The van der Waals surface area contributed by atoms with Crippen molar-refractivity contribution < 1.29 is 32.6 Å². The lowest BCUT2D eigenvalue weighted by Gasteiger charge is -2.35. The van der Waals surface area contributed by atoms with Crippen molar-refractivity contribution in [2.24, 2.45) is 0 Å². The number of hydrogen-bond acceptors (Lipinski definition) is 4. The zero-order valence-corrected chi connectivity index (χ0v) is 14.6. The molecule has 26 heavy (non-hydrogen) atoms. The van der Waals surface area contributed by atoms with Gasteiger partial charge in [-0.05, 0) is 26.4 Å².